The highest BCUT2D eigenvalue weighted by atomic mass is 19.1. The van der Waals surface area contributed by atoms with Crippen molar-refractivity contribution in [1.82, 2.24) is 0 Å². The molecular formula is C19H13FO4. The molecule has 0 bridgehead atoms. The highest BCUT2D eigenvalue weighted by molar-refractivity contribution is 6.01. The second-order valence-electron chi connectivity index (χ2n) is 5.43. The first-order valence-electron chi connectivity index (χ1n) is 7.40. The van der Waals surface area contributed by atoms with Crippen LogP contribution in [0.4, 0.5) is 4.39 Å². The highest BCUT2D eigenvalue weighted by Gasteiger charge is 2.33. The van der Waals surface area contributed by atoms with Crippen LogP contribution in [-0.2, 0) is 11.3 Å². The van der Waals surface area contributed by atoms with Gasteiger partial charge in [-0.25, -0.2) is 9.18 Å². The maximum atomic E-state index is 13.2. The van der Waals surface area contributed by atoms with Crippen molar-refractivity contribution in [2.45, 2.75) is 6.61 Å². The number of fused-ring (bicyclic) bond motifs is 1. The van der Waals surface area contributed by atoms with Crippen LogP contribution in [0.1, 0.15) is 15.9 Å². The van der Waals surface area contributed by atoms with E-state index in [0.29, 0.717) is 28.2 Å². The van der Waals surface area contributed by atoms with Gasteiger partial charge in [-0.1, -0.05) is 0 Å². The third kappa shape index (κ3) is 2.25. The summed E-state index contributed by atoms with van der Waals surface area (Å²) in [5.74, 6) is 0.942. The lowest BCUT2D eigenvalue weighted by Gasteiger charge is -2.03. The fourth-order valence-corrected chi connectivity index (χ4v) is 2.81. The summed E-state index contributed by atoms with van der Waals surface area (Å²) in [6.07, 6.45) is 0. The molecule has 0 N–H and O–H groups in total. The molecule has 24 heavy (non-hydrogen) atoms. The number of rotatable bonds is 3. The molecule has 1 aromatic heterocycles. The third-order valence-corrected chi connectivity index (χ3v) is 4.02. The molecule has 1 aliphatic rings. The maximum absolute atomic E-state index is 13.2. The van der Waals surface area contributed by atoms with Gasteiger partial charge in [0.15, 0.2) is 0 Å². The van der Waals surface area contributed by atoms with Crippen LogP contribution in [0.3, 0.4) is 0 Å². The van der Waals surface area contributed by atoms with Gasteiger partial charge in [-0.05, 0) is 48.5 Å². The monoisotopic (exact) mass is 324 g/mol. The van der Waals surface area contributed by atoms with E-state index < -0.39 is 5.97 Å². The van der Waals surface area contributed by atoms with E-state index in [9.17, 15) is 9.18 Å². The molecule has 2 aromatic carbocycles. The number of halogens is 1. The Hall–Kier alpha value is -3.08. The quantitative estimate of drug-likeness (QED) is 0.669. The largest absolute Gasteiger partial charge is 0.497 e. The second-order valence-corrected chi connectivity index (χ2v) is 5.43. The molecule has 0 radical (unpaired) electrons. The normalized spacial score (nSPS) is 12.8. The molecule has 0 amide bonds. The minimum absolute atomic E-state index is 0.167. The first-order valence-corrected chi connectivity index (χ1v) is 7.40. The molecule has 4 nitrogen and oxygen atoms in total. The van der Waals surface area contributed by atoms with Crippen molar-refractivity contribution in [1.29, 1.82) is 0 Å². The number of benzene rings is 2. The van der Waals surface area contributed by atoms with Gasteiger partial charge in [0.05, 0.1) is 12.7 Å². The lowest BCUT2D eigenvalue weighted by Crippen LogP contribution is -1.95. The SMILES string of the molecule is COc1ccc(-c2oc(-c3ccc(F)cc3)c3c2COC3=O)cc1. The summed E-state index contributed by atoms with van der Waals surface area (Å²) in [6, 6.07) is 13.2. The Morgan fingerprint density at radius 3 is 2.25 bits per heavy atom. The molecule has 2 heterocycles. The fraction of sp³-hybridized carbons (Fsp3) is 0.105. The molecule has 4 rings (SSSR count). The predicted octanol–water partition coefficient (Wildman–Crippen LogP) is 4.43. The van der Waals surface area contributed by atoms with E-state index in [0.717, 1.165) is 11.3 Å². The van der Waals surface area contributed by atoms with Crippen LogP contribution < -0.4 is 4.74 Å². The minimum atomic E-state index is -0.423. The van der Waals surface area contributed by atoms with E-state index in [4.69, 9.17) is 13.9 Å². The van der Waals surface area contributed by atoms with E-state index >= 15 is 0 Å². The number of carbonyl (C=O) groups is 1. The summed E-state index contributed by atoms with van der Waals surface area (Å²) >= 11 is 0. The van der Waals surface area contributed by atoms with Gasteiger partial charge in [-0.2, -0.15) is 0 Å². The summed E-state index contributed by atoms with van der Waals surface area (Å²) in [5.41, 5.74) is 2.57. The third-order valence-electron chi connectivity index (χ3n) is 4.02. The molecular weight excluding hydrogens is 311 g/mol. The number of hydrogen-bond acceptors (Lipinski definition) is 4. The Kier molecular flexibility index (Phi) is 3.34. The van der Waals surface area contributed by atoms with Crippen molar-refractivity contribution in [3.8, 4) is 28.4 Å². The van der Waals surface area contributed by atoms with E-state index in [1.807, 2.05) is 24.3 Å². The van der Waals surface area contributed by atoms with E-state index in [2.05, 4.69) is 0 Å². The molecule has 0 saturated carbocycles. The maximum Gasteiger partial charge on any atom is 0.342 e. The number of cyclic esters (lactones) is 1. The zero-order valence-corrected chi connectivity index (χ0v) is 12.8. The van der Waals surface area contributed by atoms with Crippen molar-refractivity contribution in [2.24, 2.45) is 0 Å². The molecule has 0 spiro atoms. The number of carbonyl (C=O) groups excluding carboxylic acids is 1. The van der Waals surface area contributed by atoms with Gasteiger partial charge in [-0.15, -0.1) is 0 Å². The Labute approximate surface area is 137 Å². The number of hydrogen-bond donors (Lipinski definition) is 0. The van der Waals surface area contributed by atoms with Crippen LogP contribution in [0.15, 0.2) is 52.9 Å². The number of furan rings is 1. The molecule has 5 heteroatoms. The highest BCUT2D eigenvalue weighted by Crippen LogP contribution is 2.41. The smallest absolute Gasteiger partial charge is 0.342 e. The van der Waals surface area contributed by atoms with Crippen molar-refractivity contribution in [3.63, 3.8) is 0 Å². The molecule has 1 aliphatic heterocycles. The predicted molar refractivity (Wildman–Crippen MR) is 85.2 cm³/mol. The molecule has 3 aromatic rings. The summed E-state index contributed by atoms with van der Waals surface area (Å²) in [4.78, 5) is 12.1. The lowest BCUT2D eigenvalue weighted by atomic mass is 10.0. The summed E-state index contributed by atoms with van der Waals surface area (Å²) in [5, 5.41) is 0. The molecule has 0 fully saturated rings. The van der Waals surface area contributed by atoms with Gasteiger partial charge in [0.1, 0.15) is 35.3 Å². The van der Waals surface area contributed by atoms with Gasteiger partial charge >= 0.3 is 5.97 Å². The molecule has 0 atom stereocenters. The van der Waals surface area contributed by atoms with E-state index in [1.54, 1.807) is 19.2 Å². The van der Waals surface area contributed by atoms with Crippen molar-refractivity contribution in [2.75, 3.05) is 7.11 Å². The summed E-state index contributed by atoms with van der Waals surface area (Å²) in [7, 11) is 1.60. The van der Waals surface area contributed by atoms with Crippen LogP contribution in [-0.4, -0.2) is 13.1 Å². The van der Waals surface area contributed by atoms with Gasteiger partial charge < -0.3 is 13.9 Å². The average molecular weight is 324 g/mol. The topological polar surface area (TPSA) is 48.7 Å². The fourth-order valence-electron chi connectivity index (χ4n) is 2.81. The van der Waals surface area contributed by atoms with Crippen LogP contribution >= 0.6 is 0 Å². The molecule has 0 aliphatic carbocycles. The number of esters is 1. The van der Waals surface area contributed by atoms with Crippen LogP contribution in [0.2, 0.25) is 0 Å². The Balaban J connectivity index is 1.87. The zero-order chi connectivity index (χ0) is 16.7. The van der Waals surface area contributed by atoms with E-state index in [-0.39, 0.29) is 12.4 Å². The second kappa shape index (κ2) is 5.53. The van der Waals surface area contributed by atoms with Crippen LogP contribution in [0, 0.1) is 5.82 Å². The summed E-state index contributed by atoms with van der Waals surface area (Å²) in [6.45, 7) is 0.167. The standard InChI is InChI=1S/C19H13FO4/c1-22-14-8-4-11(5-9-14)17-15-10-23-19(21)16(15)18(24-17)12-2-6-13(20)7-3-12/h2-9H,10H2,1H3. The molecule has 0 saturated heterocycles. The van der Waals surface area contributed by atoms with Crippen molar-refractivity contribution < 1.29 is 23.1 Å². The van der Waals surface area contributed by atoms with Crippen molar-refractivity contribution >= 4 is 5.97 Å². The van der Waals surface area contributed by atoms with Crippen LogP contribution in [0.25, 0.3) is 22.6 Å². The first-order chi connectivity index (χ1) is 11.7. The minimum Gasteiger partial charge on any atom is -0.497 e. The Bertz CT molecular complexity index is 908. The van der Waals surface area contributed by atoms with Crippen molar-refractivity contribution in [3.05, 3.63) is 65.5 Å². The molecule has 120 valence electrons. The van der Waals surface area contributed by atoms with Gasteiger partial charge in [0.25, 0.3) is 0 Å². The van der Waals surface area contributed by atoms with Gasteiger partial charge in [0, 0.05) is 11.1 Å². The van der Waals surface area contributed by atoms with Gasteiger partial charge in [-0.3, -0.25) is 0 Å². The average Bonchev–Trinajstić information content (AvgIpc) is 3.17. The Morgan fingerprint density at radius 1 is 0.958 bits per heavy atom. The van der Waals surface area contributed by atoms with Gasteiger partial charge in [0.2, 0.25) is 0 Å². The Morgan fingerprint density at radius 2 is 1.58 bits per heavy atom. The first kappa shape index (κ1) is 14.5. The van der Waals surface area contributed by atoms with Crippen LogP contribution in [0.5, 0.6) is 5.75 Å². The zero-order valence-electron chi connectivity index (χ0n) is 12.8. The van der Waals surface area contributed by atoms with E-state index in [1.165, 1.54) is 12.1 Å². The number of methoxy groups -OCH3 is 1. The molecule has 0 unspecified atom stereocenters. The summed E-state index contributed by atoms with van der Waals surface area (Å²) < 4.78 is 29.5. The number of ether oxygens (including phenoxy) is 2. The lowest BCUT2D eigenvalue weighted by molar-refractivity contribution is 0.0532.